The second kappa shape index (κ2) is 11.3. The van der Waals surface area contributed by atoms with Gasteiger partial charge in [-0.05, 0) is 69.4 Å². The van der Waals surface area contributed by atoms with Crippen molar-refractivity contribution in [3.63, 3.8) is 0 Å². The molecule has 8 nitrogen and oxygen atoms in total. The first kappa shape index (κ1) is 25.5. The summed E-state index contributed by atoms with van der Waals surface area (Å²) in [6, 6.07) is 13.3. The number of sulfonamides is 1. The first-order chi connectivity index (χ1) is 15.6. The number of carbonyl (C=O) groups excluding carboxylic acids is 1. The molecule has 3 rings (SSSR count). The van der Waals surface area contributed by atoms with Crippen molar-refractivity contribution in [2.45, 2.75) is 31.0 Å². The summed E-state index contributed by atoms with van der Waals surface area (Å²) in [7, 11) is -1.79. The Kier molecular flexibility index (Phi) is 8.72. The van der Waals surface area contributed by atoms with Gasteiger partial charge in [-0.15, -0.1) is 0 Å². The van der Waals surface area contributed by atoms with Gasteiger partial charge in [0.25, 0.3) is 0 Å². The molecule has 1 aliphatic rings. The Morgan fingerprint density at radius 3 is 2.33 bits per heavy atom. The van der Waals surface area contributed by atoms with Crippen LogP contribution in [-0.2, 0) is 19.6 Å². The summed E-state index contributed by atoms with van der Waals surface area (Å²) < 4.78 is 38.6. The zero-order valence-corrected chi connectivity index (χ0v) is 20.6. The molecule has 2 unspecified atom stereocenters. The van der Waals surface area contributed by atoms with E-state index < -0.39 is 10.0 Å². The molecule has 0 radical (unpaired) electrons. The summed E-state index contributed by atoms with van der Waals surface area (Å²) in [5, 5.41) is 3.44. The largest absolute Gasteiger partial charge is 0.492 e. The topological polar surface area (TPSA) is 88.2 Å². The summed E-state index contributed by atoms with van der Waals surface area (Å²) >= 11 is 5.85. The second-order valence-corrected chi connectivity index (χ2v) is 10.6. The SMILES string of the molecule is CC1CN(S(=O)(=O)c2ccc(NC(=O)CN(C)CCOc3ccc(Cl)cc3)cc2)CC(C)O1. The van der Waals surface area contributed by atoms with Gasteiger partial charge in [0, 0.05) is 30.3 Å². The number of hydrogen-bond donors (Lipinski definition) is 1. The molecule has 0 saturated carbocycles. The highest BCUT2D eigenvalue weighted by molar-refractivity contribution is 7.89. The van der Waals surface area contributed by atoms with Crippen LogP contribution in [0.5, 0.6) is 5.75 Å². The minimum atomic E-state index is -3.62. The van der Waals surface area contributed by atoms with Crippen molar-refractivity contribution in [1.29, 1.82) is 0 Å². The van der Waals surface area contributed by atoms with Crippen molar-refractivity contribution >= 4 is 33.2 Å². The van der Waals surface area contributed by atoms with Gasteiger partial charge in [0.2, 0.25) is 15.9 Å². The number of benzene rings is 2. The number of hydrogen-bond acceptors (Lipinski definition) is 6. The van der Waals surface area contributed by atoms with Crippen molar-refractivity contribution in [3.8, 4) is 5.75 Å². The molecule has 1 N–H and O–H groups in total. The van der Waals surface area contributed by atoms with Crippen LogP contribution in [0.3, 0.4) is 0 Å². The zero-order chi connectivity index (χ0) is 24.0. The maximum Gasteiger partial charge on any atom is 0.243 e. The Morgan fingerprint density at radius 1 is 1.12 bits per heavy atom. The summed E-state index contributed by atoms with van der Waals surface area (Å²) in [6.45, 7) is 5.52. The Labute approximate surface area is 200 Å². The quantitative estimate of drug-likeness (QED) is 0.575. The predicted octanol–water partition coefficient (Wildman–Crippen LogP) is 3.09. The molecule has 1 heterocycles. The van der Waals surface area contributed by atoms with Gasteiger partial charge in [0.1, 0.15) is 12.4 Å². The van der Waals surface area contributed by atoms with Gasteiger partial charge in [-0.2, -0.15) is 4.31 Å². The Morgan fingerprint density at radius 2 is 1.73 bits per heavy atom. The average Bonchev–Trinajstić information content (AvgIpc) is 2.75. The summed E-state index contributed by atoms with van der Waals surface area (Å²) in [5.74, 6) is 0.517. The van der Waals surface area contributed by atoms with Gasteiger partial charge in [0.15, 0.2) is 0 Å². The van der Waals surface area contributed by atoms with E-state index in [1.807, 2.05) is 25.8 Å². The normalized spacial score (nSPS) is 19.4. The summed E-state index contributed by atoms with van der Waals surface area (Å²) in [4.78, 5) is 14.4. The van der Waals surface area contributed by atoms with E-state index in [-0.39, 0.29) is 29.6 Å². The maximum atomic E-state index is 12.9. The zero-order valence-electron chi connectivity index (χ0n) is 19.0. The average molecular weight is 496 g/mol. The van der Waals surface area contributed by atoms with Gasteiger partial charge >= 0.3 is 0 Å². The maximum absolute atomic E-state index is 12.9. The monoisotopic (exact) mass is 495 g/mol. The Hall–Kier alpha value is -2.17. The van der Waals surface area contributed by atoms with E-state index in [2.05, 4.69) is 5.32 Å². The van der Waals surface area contributed by atoms with Crippen molar-refractivity contribution in [1.82, 2.24) is 9.21 Å². The number of nitrogens with zero attached hydrogens (tertiary/aromatic N) is 2. The number of nitrogens with one attached hydrogen (secondary N) is 1. The molecule has 0 bridgehead atoms. The van der Waals surface area contributed by atoms with Gasteiger partial charge in [-0.25, -0.2) is 8.42 Å². The smallest absolute Gasteiger partial charge is 0.243 e. The van der Waals surface area contributed by atoms with Crippen LogP contribution in [0, 0.1) is 0 Å². The lowest BCUT2D eigenvalue weighted by atomic mass is 10.3. The Balaban J connectivity index is 1.47. The van der Waals surface area contributed by atoms with Gasteiger partial charge < -0.3 is 14.8 Å². The van der Waals surface area contributed by atoms with Crippen molar-refractivity contribution in [2.75, 3.05) is 45.2 Å². The predicted molar refractivity (Wildman–Crippen MR) is 128 cm³/mol. The Bertz CT molecular complexity index is 1020. The van der Waals surface area contributed by atoms with Gasteiger partial charge in [-0.3, -0.25) is 9.69 Å². The number of rotatable bonds is 9. The fourth-order valence-electron chi connectivity index (χ4n) is 3.56. The molecule has 2 aromatic rings. The number of anilines is 1. The fourth-order valence-corrected chi connectivity index (χ4v) is 5.28. The molecule has 0 aromatic heterocycles. The van der Waals surface area contributed by atoms with Crippen molar-refractivity contribution in [2.24, 2.45) is 0 Å². The van der Waals surface area contributed by atoms with E-state index >= 15 is 0 Å². The lowest BCUT2D eigenvalue weighted by Gasteiger charge is -2.34. The lowest BCUT2D eigenvalue weighted by Crippen LogP contribution is -2.48. The number of ether oxygens (including phenoxy) is 2. The highest BCUT2D eigenvalue weighted by atomic mass is 35.5. The number of likely N-dealkylation sites (N-methyl/N-ethyl adjacent to an activating group) is 1. The second-order valence-electron chi connectivity index (χ2n) is 8.19. The van der Waals surface area contributed by atoms with E-state index in [4.69, 9.17) is 21.1 Å². The standard InChI is InChI=1S/C23H30ClN3O5S/c1-17-14-27(15-18(2)32-17)33(29,30)22-10-6-20(7-11-22)25-23(28)16-26(3)12-13-31-21-8-4-19(24)5-9-21/h4-11,17-18H,12-16H2,1-3H3,(H,25,28). The molecule has 0 spiro atoms. The number of amides is 1. The molecular formula is C23H30ClN3O5S. The highest BCUT2D eigenvalue weighted by Gasteiger charge is 2.32. The van der Waals surface area contributed by atoms with E-state index in [1.165, 1.54) is 16.4 Å². The molecule has 1 fully saturated rings. The van der Waals surface area contributed by atoms with E-state index in [0.29, 0.717) is 42.7 Å². The van der Waals surface area contributed by atoms with Crippen LogP contribution in [-0.4, -0.2) is 75.6 Å². The van der Waals surface area contributed by atoms with Crippen LogP contribution < -0.4 is 10.1 Å². The summed E-state index contributed by atoms with van der Waals surface area (Å²) in [5.41, 5.74) is 0.536. The van der Waals surface area contributed by atoms with Crippen LogP contribution in [0.4, 0.5) is 5.69 Å². The van der Waals surface area contributed by atoms with Crippen LogP contribution >= 0.6 is 11.6 Å². The minimum absolute atomic E-state index is 0.157. The third kappa shape index (κ3) is 7.41. The molecule has 0 aliphatic carbocycles. The van der Waals surface area contributed by atoms with Crippen molar-refractivity contribution < 1.29 is 22.7 Å². The molecule has 1 saturated heterocycles. The number of carbonyl (C=O) groups is 1. The molecule has 33 heavy (non-hydrogen) atoms. The highest BCUT2D eigenvalue weighted by Crippen LogP contribution is 2.22. The first-order valence-corrected chi connectivity index (χ1v) is 12.6. The number of halogens is 1. The third-order valence-electron chi connectivity index (χ3n) is 5.13. The van der Waals surface area contributed by atoms with Crippen LogP contribution in [0.2, 0.25) is 5.02 Å². The molecule has 2 atom stereocenters. The molecule has 1 amide bonds. The van der Waals surface area contributed by atoms with Crippen molar-refractivity contribution in [3.05, 3.63) is 53.6 Å². The van der Waals surface area contributed by atoms with Gasteiger partial charge in [-0.1, -0.05) is 11.6 Å². The van der Waals surface area contributed by atoms with E-state index in [9.17, 15) is 13.2 Å². The third-order valence-corrected chi connectivity index (χ3v) is 7.23. The summed E-state index contributed by atoms with van der Waals surface area (Å²) in [6.07, 6.45) is -0.314. The fraction of sp³-hybridized carbons (Fsp3) is 0.435. The molecular weight excluding hydrogens is 466 g/mol. The van der Waals surface area contributed by atoms with E-state index in [1.54, 1.807) is 36.4 Å². The molecule has 180 valence electrons. The molecule has 10 heteroatoms. The molecule has 1 aliphatic heterocycles. The first-order valence-electron chi connectivity index (χ1n) is 10.8. The number of morpholine rings is 1. The van der Waals surface area contributed by atoms with Gasteiger partial charge in [0.05, 0.1) is 23.6 Å². The van der Waals surface area contributed by atoms with Crippen LogP contribution in [0.25, 0.3) is 0 Å². The lowest BCUT2D eigenvalue weighted by molar-refractivity contribution is -0.117. The van der Waals surface area contributed by atoms with Crippen LogP contribution in [0.15, 0.2) is 53.4 Å². The van der Waals surface area contributed by atoms with Crippen LogP contribution in [0.1, 0.15) is 13.8 Å². The minimum Gasteiger partial charge on any atom is -0.492 e. The molecule has 2 aromatic carbocycles. The van der Waals surface area contributed by atoms with E-state index in [0.717, 1.165) is 0 Å².